The Bertz CT molecular complexity index is 636. The van der Waals surface area contributed by atoms with Gasteiger partial charge in [0.25, 0.3) is 0 Å². The molecular weight excluding hydrogens is 288 g/mol. The average Bonchev–Trinajstić information content (AvgIpc) is 2.37. The maximum atomic E-state index is 13.8. The predicted molar refractivity (Wildman–Crippen MR) is 68.2 cm³/mol. The molecule has 2 nitrogen and oxygen atoms in total. The van der Waals surface area contributed by atoms with Crippen LogP contribution >= 0.6 is 0 Å². The zero-order chi connectivity index (χ0) is 15.7. The summed E-state index contributed by atoms with van der Waals surface area (Å²) in [6.07, 6.45) is -4.90. The smallest absolute Gasteiger partial charge is 0.405 e. The van der Waals surface area contributed by atoms with E-state index in [0.29, 0.717) is 0 Å². The summed E-state index contributed by atoms with van der Waals surface area (Å²) >= 11 is 0. The van der Waals surface area contributed by atoms with E-state index in [0.717, 1.165) is 12.1 Å². The maximum absolute atomic E-state index is 13.8. The van der Waals surface area contributed by atoms with E-state index in [-0.39, 0.29) is 11.1 Å². The fourth-order valence-corrected chi connectivity index (χ4v) is 2.08. The highest BCUT2D eigenvalue weighted by atomic mass is 19.4. The van der Waals surface area contributed by atoms with Crippen LogP contribution in [0.15, 0.2) is 48.5 Å². The van der Waals surface area contributed by atoms with Crippen molar-refractivity contribution in [1.82, 2.24) is 0 Å². The average molecular weight is 300 g/mol. The summed E-state index contributed by atoms with van der Waals surface area (Å²) in [5.74, 6) is -1.29. The van der Waals surface area contributed by atoms with Gasteiger partial charge in [-0.15, -0.1) is 13.2 Å². The summed E-state index contributed by atoms with van der Waals surface area (Å²) in [7, 11) is 0. The Morgan fingerprint density at radius 3 is 2.00 bits per heavy atom. The molecule has 0 amide bonds. The SMILES string of the molecule is CC(O)(c1ccccc1F)c1ccccc1OC(F)(F)F. The molecule has 1 atom stereocenters. The van der Waals surface area contributed by atoms with Crippen molar-refractivity contribution in [2.45, 2.75) is 18.9 Å². The van der Waals surface area contributed by atoms with Crippen LogP contribution in [0.2, 0.25) is 0 Å². The van der Waals surface area contributed by atoms with Crippen molar-refractivity contribution < 1.29 is 27.4 Å². The van der Waals surface area contributed by atoms with Crippen molar-refractivity contribution in [1.29, 1.82) is 0 Å². The van der Waals surface area contributed by atoms with Crippen molar-refractivity contribution >= 4 is 0 Å². The largest absolute Gasteiger partial charge is 0.573 e. The molecular formula is C15H12F4O2. The Hall–Kier alpha value is -2.08. The van der Waals surface area contributed by atoms with Gasteiger partial charge in [0, 0.05) is 11.1 Å². The molecule has 1 N–H and O–H groups in total. The fraction of sp³-hybridized carbons (Fsp3) is 0.200. The highest BCUT2D eigenvalue weighted by Crippen LogP contribution is 2.38. The first-order valence-corrected chi connectivity index (χ1v) is 6.04. The zero-order valence-electron chi connectivity index (χ0n) is 11.0. The third kappa shape index (κ3) is 3.33. The molecule has 2 aromatic carbocycles. The molecule has 0 spiro atoms. The minimum absolute atomic E-state index is 0.136. The fourth-order valence-electron chi connectivity index (χ4n) is 2.08. The summed E-state index contributed by atoms with van der Waals surface area (Å²) in [5, 5.41) is 10.5. The van der Waals surface area contributed by atoms with Gasteiger partial charge in [0.05, 0.1) is 0 Å². The van der Waals surface area contributed by atoms with E-state index in [1.165, 1.54) is 43.3 Å². The predicted octanol–water partition coefficient (Wildman–Crippen LogP) is 3.98. The van der Waals surface area contributed by atoms with E-state index in [1.54, 1.807) is 0 Å². The number of aliphatic hydroxyl groups is 1. The Kier molecular flexibility index (Phi) is 3.91. The number of halogens is 4. The minimum Gasteiger partial charge on any atom is -0.405 e. The molecule has 0 aliphatic heterocycles. The Labute approximate surface area is 118 Å². The number of hydrogen-bond donors (Lipinski definition) is 1. The highest BCUT2D eigenvalue weighted by Gasteiger charge is 2.36. The van der Waals surface area contributed by atoms with Crippen LogP contribution in [0.3, 0.4) is 0 Å². The van der Waals surface area contributed by atoms with Crippen LogP contribution in [0, 0.1) is 5.82 Å². The number of benzene rings is 2. The van der Waals surface area contributed by atoms with Crippen LogP contribution in [-0.4, -0.2) is 11.5 Å². The van der Waals surface area contributed by atoms with E-state index in [4.69, 9.17) is 0 Å². The molecule has 0 fully saturated rings. The van der Waals surface area contributed by atoms with Crippen molar-refractivity contribution in [2.24, 2.45) is 0 Å². The van der Waals surface area contributed by atoms with Gasteiger partial charge in [-0.25, -0.2) is 4.39 Å². The van der Waals surface area contributed by atoms with E-state index < -0.39 is 23.5 Å². The van der Waals surface area contributed by atoms with Crippen LogP contribution in [0.4, 0.5) is 17.6 Å². The molecule has 0 aromatic heterocycles. The molecule has 0 aliphatic carbocycles. The number of ether oxygens (including phenoxy) is 1. The lowest BCUT2D eigenvalue weighted by atomic mass is 9.87. The van der Waals surface area contributed by atoms with E-state index >= 15 is 0 Å². The van der Waals surface area contributed by atoms with Crippen LogP contribution < -0.4 is 4.74 Å². The van der Waals surface area contributed by atoms with Gasteiger partial charge in [-0.2, -0.15) is 0 Å². The highest BCUT2D eigenvalue weighted by molar-refractivity contribution is 5.44. The Morgan fingerprint density at radius 2 is 1.43 bits per heavy atom. The van der Waals surface area contributed by atoms with Gasteiger partial charge in [-0.3, -0.25) is 0 Å². The molecule has 1 unspecified atom stereocenters. The summed E-state index contributed by atoms with van der Waals surface area (Å²) in [5.41, 5.74) is -2.27. The van der Waals surface area contributed by atoms with E-state index in [1.807, 2.05) is 0 Å². The molecule has 6 heteroatoms. The van der Waals surface area contributed by atoms with Gasteiger partial charge in [-0.05, 0) is 19.1 Å². The number of rotatable bonds is 3. The lowest BCUT2D eigenvalue weighted by molar-refractivity contribution is -0.275. The third-order valence-electron chi connectivity index (χ3n) is 3.04. The van der Waals surface area contributed by atoms with E-state index in [9.17, 15) is 22.7 Å². The Balaban J connectivity index is 2.53. The minimum atomic E-state index is -4.90. The molecule has 2 rings (SSSR count). The lowest BCUT2D eigenvalue weighted by Crippen LogP contribution is -2.27. The number of hydrogen-bond acceptors (Lipinski definition) is 2. The monoisotopic (exact) mass is 300 g/mol. The molecule has 0 saturated heterocycles. The standard InChI is InChI=1S/C15H12F4O2/c1-14(20,10-6-2-4-8-12(10)16)11-7-3-5-9-13(11)21-15(17,18)19/h2-9,20H,1H3. The normalized spacial score (nSPS) is 14.6. The molecule has 0 aliphatic rings. The molecule has 21 heavy (non-hydrogen) atoms. The second kappa shape index (κ2) is 5.37. The van der Waals surface area contributed by atoms with Gasteiger partial charge in [-0.1, -0.05) is 36.4 Å². The van der Waals surface area contributed by atoms with Crippen LogP contribution in [0.1, 0.15) is 18.1 Å². The topological polar surface area (TPSA) is 29.5 Å². The third-order valence-corrected chi connectivity index (χ3v) is 3.04. The summed E-state index contributed by atoms with van der Waals surface area (Å²) in [6.45, 7) is 1.21. The summed E-state index contributed by atoms with van der Waals surface area (Å²) < 4.78 is 55.0. The molecule has 0 radical (unpaired) electrons. The van der Waals surface area contributed by atoms with Crippen molar-refractivity contribution in [3.05, 3.63) is 65.5 Å². The molecule has 2 aromatic rings. The van der Waals surface area contributed by atoms with Gasteiger partial charge in [0.2, 0.25) is 0 Å². The first-order chi connectivity index (χ1) is 9.72. The van der Waals surface area contributed by atoms with Gasteiger partial charge >= 0.3 is 6.36 Å². The first-order valence-electron chi connectivity index (χ1n) is 6.04. The summed E-state index contributed by atoms with van der Waals surface area (Å²) in [4.78, 5) is 0. The van der Waals surface area contributed by atoms with Gasteiger partial charge in [0.1, 0.15) is 17.2 Å². The number of alkyl halides is 3. The first kappa shape index (κ1) is 15.3. The second-order valence-electron chi connectivity index (χ2n) is 4.60. The van der Waals surface area contributed by atoms with Gasteiger partial charge in [0.15, 0.2) is 0 Å². The van der Waals surface area contributed by atoms with Gasteiger partial charge < -0.3 is 9.84 Å². The van der Waals surface area contributed by atoms with Crippen molar-refractivity contribution in [2.75, 3.05) is 0 Å². The second-order valence-corrected chi connectivity index (χ2v) is 4.60. The van der Waals surface area contributed by atoms with Crippen LogP contribution in [-0.2, 0) is 5.60 Å². The molecule has 0 heterocycles. The molecule has 0 bridgehead atoms. The quantitative estimate of drug-likeness (QED) is 0.869. The summed E-state index contributed by atoms with van der Waals surface area (Å²) in [6, 6.07) is 10.4. The zero-order valence-corrected chi connectivity index (χ0v) is 11.0. The van der Waals surface area contributed by atoms with Crippen molar-refractivity contribution in [3.63, 3.8) is 0 Å². The maximum Gasteiger partial charge on any atom is 0.573 e. The lowest BCUT2D eigenvalue weighted by Gasteiger charge is -2.27. The molecule has 112 valence electrons. The van der Waals surface area contributed by atoms with E-state index in [2.05, 4.69) is 4.74 Å². The molecule has 0 saturated carbocycles. The van der Waals surface area contributed by atoms with Crippen molar-refractivity contribution in [3.8, 4) is 5.75 Å². The number of para-hydroxylation sites is 1. The van der Waals surface area contributed by atoms with Crippen LogP contribution in [0.25, 0.3) is 0 Å². The Morgan fingerprint density at radius 1 is 0.905 bits per heavy atom. The van der Waals surface area contributed by atoms with Crippen LogP contribution in [0.5, 0.6) is 5.75 Å².